The van der Waals surface area contributed by atoms with Crippen molar-refractivity contribution in [2.75, 3.05) is 51.8 Å². The number of anilines is 1. The van der Waals surface area contributed by atoms with Crippen LogP contribution in [-0.2, 0) is 11.2 Å². The smallest absolute Gasteiger partial charge is 0.410 e. The Labute approximate surface area is 200 Å². The summed E-state index contributed by atoms with van der Waals surface area (Å²) in [6.45, 7) is 3.32. The van der Waals surface area contributed by atoms with Crippen LogP contribution in [0.1, 0.15) is 24.8 Å². The minimum absolute atomic E-state index is 0.0304. The van der Waals surface area contributed by atoms with Crippen molar-refractivity contribution in [1.82, 2.24) is 10.2 Å². The van der Waals surface area contributed by atoms with Crippen LogP contribution in [0.15, 0.2) is 42.5 Å². The second-order valence-corrected chi connectivity index (χ2v) is 8.82. The van der Waals surface area contributed by atoms with Gasteiger partial charge in [0, 0.05) is 62.5 Å². The summed E-state index contributed by atoms with van der Waals surface area (Å²) < 4.78 is 31.1. The first-order valence-corrected chi connectivity index (χ1v) is 12.0. The molecule has 2 aromatic rings. The molecular formula is C26H34FN3O4. The van der Waals surface area contributed by atoms with Gasteiger partial charge in [0.05, 0.1) is 14.2 Å². The Morgan fingerprint density at radius 3 is 2.38 bits per heavy atom. The van der Waals surface area contributed by atoms with Crippen molar-refractivity contribution in [3.8, 4) is 11.5 Å². The van der Waals surface area contributed by atoms with Crippen LogP contribution in [0.4, 0.5) is 14.9 Å². The quantitative estimate of drug-likeness (QED) is 0.662. The van der Waals surface area contributed by atoms with Gasteiger partial charge in [0.2, 0.25) is 0 Å². The largest absolute Gasteiger partial charge is 0.497 e. The molecule has 2 heterocycles. The van der Waals surface area contributed by atoms with Gasteiger partial charge in [-0.25, -0.2) is 9.18 Å². The van der Waals surface area contributed by atoms with Gasteiger partial charge in [-0.1, -0.05) is 24.6 Å². The Morgan fingerprint density at radius 1 is 1.06 bits per heavy atom. The molecular weight excluding hydrogens is 437 g/mol. The van der Waals surface area contributed by atoms with Crippen LogP contribution >= 0.6 is 0 Å². The molecule has 7 nitrogen and oxygen atoms in total. The van der Waals surface area contributed by atoms with Crippen LogP contribution in [0.25, 0.3) is 0 Å². The van der Waals surface area contributed by atoms with Gasteiger partial charge in [0.25, 0.3) is 0 Å². The normalized spacial score (nSPS) is 19.4. The number of piperazine rings is 1. The number of piperidine rings is 1. The predicted octanol–water partition coefficient (Wildman–Crippen LogP) is 3.85. The first kappa shape index (κ1) is 24.1. The lowest BCUT2D eigenvalue weighted by Gasteiger charge is -2.37. The lowest BCUT2D eigenvalue weighted by molar-refractivity contribution is 0.0378. The lowest BCUT2D eigenvalue weighted by atomic mass is 9.95. The van der Waals surface area contributed by atoms with E-state index in [0.717, 1.165) is 43.0 Å². The zero-order valence-electron chi connectivity index (χ0n) is 20.0. The second-order valence-electron chi connectivity index (χ2n) is 8.82. The van der Waals surface area contributed by atoms with E-state index in [-0.39, 0.29) is 18.0 Å². The summed E-state index contributed by atoms with van der Waals surface area (Å²) in [5.74, 6) is 1.20. The SMILES string of the molecule is COc1cc(OC)cc(N2CCN(C(=O)OC(Cc3ccccc3F)C3CCCCN3)CC2)c1. The maximum absolute atomic E-state index is 14.3. The molecule has 0 aliphatic carbocycles. The number of carbonyl (C=O) groups excluding carboxylic acids is 1. The molecule has 0 saturated carbocycles. The molecule has 1 N–H and O–H groups in total. The fraction of sp³-hybridized carbons (Fsp3) is 0.500. The van der Waals surface area contributed by atoms with E-state index in [1.54, 1.807) is 31.3 Å². The molecule has 0 bridgehead atoms. The van der Waals surface area contributed by atoms with Crippen LogP contribution < -0.4 is 19.7 Å². The van der Waals surface area contributed by atoms with E-state index < -0.39 is 6.10 Å². The number of amides is 1. The fourth-order valence-corrected chi connectivity index (χ4v) is 4.67. The lowest BCUT2D eigenvalue weighted by Crippen LogP contribution is -2.52. The van der Waals surface area contributed by atoms with E-state index in [9.17, 15) is 9.18 Å². The summed E-state index contributed by atoms with van der Waals surface area (Å²) in [5, 5.41) is 3.47. The Balaban J connectivity index is 1.39. The predicted molar refractivity (Wildman–Crippen MR) is 129 cm³/mol. The van der Waals surface area contributed by atoms with Crippen molar-refractivity contribution in [2.45, 2.75) is 37.8 Å². The number of ether oxygens (including phenoxy) is 3. The molecule has 2 aromatic carbocycles. The van der Waals surface area contributed by atoms with Gasteiger partial charge in [-0.2, -0.15) is 0 Å². The highest BCUT2D eigenvalue weighted by molar-refractivity contribution is 5.68. The number of halogens is 1. The average molecular weight is 472 g/mol. The van der Waals surface area contributed by atoms with Crippen molar-refractivity contribution in [2.24, 2.45) is 0 Å². The number of nitrogens with one attached hydrogen (secondary N) is 1. The third-order valence-electron chi connectivity index (χ3n) is 6.67. The van der Waals surface area contributed by atoms with Gasteiger partial charge >= 0.3 is 6.09 Å². The monoisotopic (exact) mass is 471 g/mol. The molecule has 2 saturated heterocycles. The second kappa shape index (κ2) is 11.4. The van der Waals surface area contributed by atoms with E-state index in [2.05, 4.69) is 10.2 Å². The van der Waals surface area contributed by atoms with Crippen LogP contribution in [0.3, 0.4) is 0 Å². The summed E-state index contributed by atoms with van der Waals surface area (Å²) in [7, 11) is 3.26. The Morgan fingerprint density at radius 2 is 1.76 bits per heavy atom. The summed E-state index contributed by atoms with van der Waals surface area (Å²) in [5.41, 5.74) is 1.57. The molecule has 184 valence electrons. The van der Waals surface area contributed by atoms with E-state index in [0.29, 0.717) is 38.2 Å². The molecule has 2 unspecified atom stereocenters. The van der Waals surface area contributed by atoms with Crippen LogP contribution in [0.5, 0.6) is 11.5 Å². The topological polar surface area (TPSA) is 63.3 Å². The van der Waals surface area contributed by atoms with Crippen LogP contribution in [-0.4, -0.2) is 70.1 Å². The summed E-state index contributed by atoms with van der Waals surface area (Å²) in [6.07, 6.45) is 2.71. The minimum Gasteiger partial charge on any atom is -0.497 e. The number of methoxy groups -OCH3 is 2. The number of carbonyl (C=O) groups is 1. The molecule has 2 atom stereocenters. The maximum atomic E-state index is 14.3. The first-order chi connectivity index (χ1) is 16.6. The highest BCUT2D eigenvalue weighted by Crippen LogP contribution is 2.29. The number of hydrogen-bond donors (Lipinski definition) is 1. The number of hydrogen-bond acceptors (Lipinski definition) is 6. The van der Waals surface area contributed by atoms with Crippen LogP contribution in [0, 0.1) is 5.82 Å². The van der Waals surface area contributed by atoms with Crippen molar-refractivity contribution >= 4 is 11.8 Å². The summed E-state index contributed by atoms with van der Waals surface area (Å²) in [6, 6.07) is 12.5. The third kappa shape index (κ3) is 5.91. The Kier molecular flexibility index (Phi) is 8.11. The van der Waals surface area contributed by atoms with Crippen molar-refractivity contribution in [3.63, 3.8) is 0 Å². The summed E-state index contributed by atoms with van der Waals surface area (Å²) >= 11 is 0. The Hall–Kier alpha value is -3.00. The first-order valence-electron chi connectivity index (χ1n) is 12.0. The van der Waals surface area contributed by atoms with Gasteiger partial charge in [-0.15, -0.1) is 0 Å². The van der Waals surface area contributed by atoms with Crippen molar-refractivity contribution in [1.29, 1.82) is 0 Å². The Bertz CT molecular complexity index is 937. The zero-order valence-corrected chi connectivity index (χ0v) is 20.0. The molecule has 0 aromatic heterocycles. The molecule has 8 heteroatoms. The molecule has 34 heavy (non-hydrogen) atoms. The molecule has 0 radical (unpaired) electrons. The van der Waals surface area contributed by atoms with E-state index >= 15 is 0 Å². The zero-order chi connectivity index (χ0) is 23.9. The number of rotatable bonds is 7. The molecule has 2 aliphatic heterocycles. The number of benzene rings is 2. The molecule has 1 amide bonds. The molecule has 4 rings (SSSR count). The molecule has 0 spiro atoms. The highest BCUT2D eigenvalue weighted by Gasteiger charge is 2.31. The van der Waals surface area contributed by atoms with Crippen LogP contribution in [0.2, 0.25) is 0 Å². The van der Waals surface area contributed by atoms with Gasteiger partial charge < -0.3 is 29.3 Å². The van der Waals surface area contributed by atoms with Gasteiger partial charge in [0.15, 0.2) is 0 Å². The fourth-order valence-electron chi connectivity index (χ4n) is 4.67. The highest BCUT2D eigenvalue weighted by atomic mass is 19.1. The van der Waals surface area contributed by atoms with E-state index in [1.807, 2.05) is 24.3 Å². The summed E-state index contributed by atoms with van der Waals surface area (Å²) in [4.78, 5) is 17.0. The number of nitrogens with zero attached hydrogens (tertiary/aromatic N) is 2. The van der Waals surface area contributed by atoms with Crippen molar-refractivity contribution in [3.05, 3.63) is 53.8 Å². The maximum Gasteiger partial charge on any atom is 0.410 e. The molecule has 2 fully saturated rings. The molecule has 2 aliphatic rings. The van der Waals surface area contributed by atoms with Gasteiger partial charge in [0.1, 0.15) is 23.4 Å². The van der Waals surface area contributed by atoms with E-state index in [1.165, 1.54) is 6.07 Å². The van der Waals surface area contributed by atoms with Crippen molar-refractivity contribution < 1.29 is 23.4 Å². The van der Waals surface area contributed by atoms with Gasteiger partial charge in [-0.3, -0.25) is 0 Å². The average Bonchev–Trinajstić information content (AvgIpc) is 2.89. The van der Waals surface area contributed by atoms with Gasteiger partial charge in [-0.05, 0) is 31.0 Å². The minimum atomic E-state index is -0.412. The standard InChI is InChI=1S/C26H34FN3O4/c1-32-21-16-20(17-22(18-21)33-2)29-11-13-30(14-12-29)26(31)34-25(24-9-5-6-10-28-24)15-19-7-3-4-8-23(19)27/h3-4,7-8,16-18,24-25,28H,5-6,9-15H2,1-2H3. The van der Waals surface area contributed by atoms with E-state index in [4.69, 9.17) is 14.2 Å². The third-order valence-corrected chi connectivity index (χ3v) is 6.67.